The van der Waals surface area contributed by atoms with Crippen LogP contribution < -0.4 is 0 Å². The van der Waals surface area contributed by atoms with Crippen molar-refractivity contribution in [2.75, 3.05) is 27.2 Å². The molecule has 0 fully saturated rings. The van der Waals surface area contributed by atoms with E-state index in [0.29, 0.717) is 12.8 Å². The van der Waals surface area contributed by atoms with E-state index in [1.165, 1.54) is 197 Å². The van der Waals surface area contributed by atoms with Gasteiger partial charge in [0.25, 0.3) is 0 Å². The lowest BCUT2D eigenvalue weighted by Gasteiger charge is -2.30. The van der Waals surface area contributed by atoms with Gasteiger partial charge in [0.05, 0.1) is 27.2 Å². The molecule has 0 aromatic heterocycles. The monoisotopic (exact) mass is 641 g/mol. The number of aliphatic carboxylic acids is 2. The van der Waals surface area contributed by atoms with Crippen LogP contribution in [0.5, 0.6) is 0 Å². The Morgan fingerprint density at radius 3 is 0.756 bits per heavy atom. The molecule has 0 bridgehead atoms. The summed E-state index contributed by atoms with van der Waals surface area (Å²) in [7, 11) is 4.93. The molecule has 5 heteroatoms. The standard InChI is InChI=1S/C34H72N.C6H10O4/c1-5-7-9-11-13-15-17-19-21-23-25-27-29-31-33-35(3,4)34-32-30-28-26-24-22-20-18-16-14-12-10-8-6-2;7-5(8)3-1-2-4-6(9)10/h5-34H2,1-4H3;1-4H2,(H,7,8)(H,9,10)/q+1;. The molecule has 270 valence electrons. The topological polar surface area (TPSA) is 74.6 Å². The van der Waals surface area contributed by atoms with E-state index in [0.717, 1.165) is 0 Å². The number of nitrogens with zero attached hydrogens (tertiary/aromatic N) is 1. The Hall–Kier alpha value is -1.10. The van der Waals surface area contributed by atoms with Crippen LogP contribution in [-0.4, -0.2) is 53.8 Å². The molecule has 0 aliphatic carbocycles. The molecule has 0 spiro atoms. The van der Waals surface area contributed by atoms with Gasteiger partial charge in [0.2, 0.25) is 0 Å². The molecule has 5 nitrogen and oxygen atoms in total. The third-order valence-electron chi connectivity index (χ3n) is 9.27. The second kappa shape index (κ2) is 37.4. The molecule has 0 saturated heterocycles. The van der Waals surface area contributed by atoms with Crippen molar-refractivity contribution >= 4 is 11.9 Å². The fourth-order valence-electron chi connectivity index (χ4n) is 6.13. The average Bonchev–Trinajstić information content (AvgIpc) is 3.00. The molecule has 0 rings (SSSR count). The van der Waals surface area contributed by atoms with Crippen molar-refractivity contribution in [3.63, 3.8) is 0 Å². The van der Waals surface area contributed by atoms with Crippen LogP contribution in [-0.2, 0) is 9.59 Å². The van der Waals surface area contributed by atoms with Gasteiger partial charge in [-0.1, -0.05) is 168 Å². The van der Waals surface area contributed by atoms with E-state index >= 15 is 0 Å². The van der Waals surface area contributed by atoms with Gasteiger partial charge >= 0.3 is 11.9 Å². The van der Waals surface area contributed by atoms with E-state index in [9.17, 15) is 9.59 Å². The van der Waals surface area contributed by atoms with Crippen LogP contribution in [0.2, 0.25) is 0 Å². The minimum Gasteiger partial charge on any atom is -0.481 e. The summed E-state index contributed by atoms with van der Waals surface area (Å²) < 4.78 is 1.25. The van der Waals surface area contributed by atoms with E-state index < -0.39 is 11.9 Å². The summed E-state index contributed by atoms with van der Waals surface area (Å²) in [6.07, 6.45) is 42.0. The molecule has 0 aromatic rings. The van der Waals surface area contributed by atoms with Crippen LogP contribution in [0.1, 0.15) is 219 Å². The third kappa shape index (κ3) is 45.1. The van der Waals surface area contributed by atoms with Crippen molar-refractivity contribution < 1.29 is 24.3 Å². The van der Waals surface area contributed by atoms with E-state index in [2.05, 4.69) is 27.9 Å². The molecular weight excluding hydrogens is 558 g/mol. The van der Waals surface area contributed by atoms with Crippen LogP contribution in [0.4, 0.5) is 0 Å². The van der Waals surface area contributed by atoms with Gasteiger partial charge in [0.1, 0.15) is 0 Å². The van der Waals surface area contributed by atoms with Gasteiger partial charge in [-0.05, 0) is 38.5 Å². The highest BCUT2D eigenvalue weighted by atomic mass is 16.4. The predicted octanol–water partition coefficient (Wildman–Crippen LogP) is 12.7. The molecule has 0 amide bonds. The molecule has 0 heterocycles. The largest absolute Gasteiger partial charge is 0.481 e. The molecule has 45 heavy (non-hydrogen) atoms. The fraction of sp³-hybridized carbons (Fsp3) is 0.950. The van der Waals surface area contributed by atoms with Gasteiger partial charge in [-0.25, -0.2) is 0 Å². The Morgan fingerprint density at radius 2 is 0.556 bits per heavy atom. The highest BCUT2D eigenvalue weighted by molar-refractivity contribution is 5.67. The second-order valence-electron chi connectivity index (χ2n) is 14.6. The quantitative estimate of drug-likeness (QED) is 0.0534. The Balaban J connectivity index is 0. The molecular formula is C40H82NO4+. The molecule has 2 N–H and O–H groups in total. The third-order valence-corrected chi connectivity index (χ3v) is 9.27. The maximum atomic E-state index is 9.90. The molecule has 0 saturated carbocycles. The Kier molecular flexibility index (Phi) is 38.2. The van der Waals surface area contributed by atoms with Crippen molar-refractivity contribution in [2.24, 2.45) is 0 Å². The first-order valence-electron chi connectivity index (χ1n) is 20.0. The molecule has 0 aliphatic rings. The SMILES string of the molecule is CCCCCCCCCCCCCCCC[N+](C)(C)CCCCCCCCCCCCCCCC.O=C(O)CCCCC(=O)O. The summed E-state index contributed by atoms with van der Waals surface area (Å²) in [6.45, 7) is 7.38. The first kappa shape index (κ1) is 46.0. The van der Waals surface area contributed by atoms with Crippen molar-refractivity contribution in [2.45, 2.75) is 219 Å². The van der Waals surface area contributed by atoms with Gasteiger partial charge in [-0.15, -0.1) is 0 Å². The van der Waals surface area contributed by atoms with E-state index in [1.807, 2.05) is 0 Å². The van der Waals surface area contributed by atoms with E-state index in [-0.39, 0.29) is 12.8 Å². The summed E-state index contributed by atoms with van der Waals surface area (Å²) in [5.74, 6) is -1.74. The Morgan fingerprint density at radius 1 is 0.356 bits per heavy atom. The molecule has 0 radical (unpaired) electrons. The maximum Gasteiger partial charge on any atom is 0.303 e. The predicted molar refractivity (Wildman–Crippen MR) is 196 cm³/mol. The molecule has 0 aliphatic heterocycles. The zero-order valence-corrected chi connectivity index (χ0v) is 31.2. The number of carboxylic acids is 2. The number of hydrogen-bond donors (Lipinski definition) is 2. The zero-order chi connectivity index (χ0) is 33.7. The van der Waals surface area contributed by atoms with Crippen LogP contribution in [0, 0.1) is 0 Å². The summed E-state index contributed by atoms with van der Waals surface area (Å²) in [5, 5.41) is 16.3. The normalized spacial score (nSPS) is 11.4. The number of rotatable bonds is 35. The van der Waals surface area contributed by atoms with E-state index in [1.54, 1.807) is 0 Å². The Labute approximate surface area is 282 Å². The van der Waals surface area contributed by atoms with Gasteiger partial charge in [-0.2, -0.15) is 0 Å². The lowest BCUT2D eigenvalue weighted by atomic mass is 10.0. The van der Waals surface area contributed by atoms with Crippen LogP contribution >= 0.6 is 0 Å². The van der Waals surface area contributed by atoms with Gasteiger partial charge in [-0.3, -0.25) is 9.59 Å². The van der Waals surface area contributed by atoms with Crippen LogP contribution in [0.3, 0.4) is 0 Å². The minimum absolute atomic E-state index is 0.0628. The van der Waals surface area contributed by atoms with Gasteiger partial charge in [0.15, 0.2) is 0 Å². The number of quaternary nitrogens is 1. The average molecular weight is 641 g/mol. The zero-order valence-electron chi connectivity index (χ0n) is 31.2. The maximum absolute atomic E-state index is 9.90. The molecule has 0 aromatic carbocycles. The lowest BCUT2D eigenvalue weighted by molar-refractivity contribution is -0.890. The highest BCUT2D eigenvalue weighted by Gasteiger charge is 2.13. The Bertz CT molecular complexity index is 557. The molecule has 0 atom stereocenters. The number of unbranched alkanes of at least 4 members (excludes halogenated alkanes) is 27. The first-order chi connectivity index (χ1) is 21.7. The second-order valence-corrected chi connectivity index (χ2v) is 14.6. The van der Waals surface area contributed by atoms with Crippen LogP contribution in [0.25, 0.3) is 0 Å². The smallest absolute Gasteiger partial charge is 0.303 e. The number of carboxylic acid groups (broad SMARTS) is 2. The van der Waals surface area contributed by atoms with Crippen LogP contribution in [0.15, 0.2) is 0 Å². The van der Waals surface area contributed by atoms with E-state index in [4.69, 9.17) is 10.2 Å². The van der Waals surface area contributed by atoms with Crippen molar-refractivity contribution in [3.05, 3.63) is 0 Å². The number of hydrogen-bond acceptors (Lipinski definition) is 2. The van der Waals surface area contributed by atoms with Crippen molar-refractivity contribution in [1.82, 2.24) is 0 Å². The lowest BCUT2D eigenvalue weighted by Crippen LogP contribution is -2.41. The van der Waals surface area contributed by atoms with Crippen molar-refractivity contribution in [3.8, 4) is 0 Å². The first-order valence-corrected chi connectivity index (χ1v) is 20.0. The number of carbonyl (C=O) groups is 2. The van der Waals surface area contributed by atoms with Crippen molar-refractivity contribution in [1.29, 1.82) is 0 Å². The summed E-state index contributed by atoms with van der Waals surface area (Å²) in [6, 6.07) is 0. The van der Waals surface area contributed by atoms with Gasteiger partial charge < -0.3 is 14.7 Å². The highest BCUT2D eigenvalue weighted by Crippen LogP contribution is 2.16. The summed E-state index contributed by atoms with van der Waals surface area (Å²) in [4.78, 5) is 19.8. The fourth-order valence-corrected chi connectivity index (χ4v) is 6.13. The summed E-state index contributed by atoms with van der Waals surface area (Å²) in [5.41, 5.74) is 0. The van der Waals surface area contributed by atoms with Gasteiger partial charge in [0, 0.05) is 12.8 Å². The molecule has 0 unspecified atom stereocenters. The summed E-state index contributed by atoms with van der Waals surface area (Å²) >= 11 is 0. The minimum atomic E-state index is -0.870.